The van der Waals surface area contributed by atoms with Crippen molar-refractivity contribution in [2.75, 3.05) is 48.5 Å². The Morgan fingerprint density at radius 2 is 2.08 bits per heavy atom. The maximum Gasteiger partial charge on any atom is 0.354 e. The van der Waals surface area contributed by atoms with E-state index in [4.69, 9.17) is 14.6 Å². The molecule has 0 radical (unpaired) electrons. The molecule has 36 heavy (non-hydrogen) atoms. The van der Waals surface area contributed by atoms with Crippen molar-refractivity contribution in [1.82, 2.24) is 9.97 Å². The molecule has 1 amide bonds. The Hall–Kier alpha value is -3.09. The summed E-state index contributed by atoms with van der Waals surface area (Å²) in [5.74, 6) is -0.130. The number of pyridine rings is 2. The molecule has 0 aliphatic carbocycles. The van der Waals surface area contributed by atoms with Crippen LogP contribution in [0, 0.1) is 0 Å². The van der Waals surface area contributed by atoms with E-state index < -0.39 is 11.8 Å². The minimum Gasteiger partial charge on any atom is -0.492 e. The number of carbonyl (C=O) groups is 2. The van der Waals surface area contributed by atoms with Crippen molar-refractivity contribution in [1.29, 1.82) is 0 Å². The Kier molecular flexibility index (Phi) is 7.86. The van der Waals surface area contributed by atoms with Crippen molar-refractivity contribution in [3.8, 4) is 5.75 Å². The molecule has 0 aromatic carbocycles. The van der Waals surface area contributed by atoms with Gasteiger partial charge in [-0.3, -0.25) is 4.79 Å². The fourth-order valence-electron chi connectivity index (χ4n) is 4.09. The Morgan fingerprint density at radius 1 is 1.31 bits per heavy atom. The highest BCUT2D eigenvalue weighted by Gasteiger charge is 2.40. The molecule has 2 bridgehead atoms. The van der Waals surface area contributed by atoms with Crippen molar-refractivity contribution < 1.29 is 29.3 Å². The number of anilines is 3. The van der Waals surface area contributed by atoms with Crippen LogP contribution < -0.4 is 19.9 Å². The Bertz CT molecular complexity index is 1100. The molecule has 3 atom stereocenters. The monoisotopic (exact) mass is 517 g/mol. The van der Waals surface area contributed by atoms with Crippen LogP contribution in [0.25, 0.3) is 0 Å². The van der Waals surface area contributed by atoms with Gasteiger partial charge in [0.15, 0.2) is 17.3 Å². The molecule has 12 heteroatoms. The predicted molar refractivity (Wildman–Crippen MR) is 137 cm³/mol. The molecule has 2 aromatic rings. The zero-order valence-corrected chi connectivity index (χ0v) is 21.3. The molecule has 3 unspecified atom stereocenters. The van der Waals surface area contributed by atoms with E-state index in [1.807, 2.05) is 13.1 Å². The summed E-state index contributed by atoms with van der Waals surface area (Å²) in [6.07, 6.45) is 3.28. The van der Waals surface area contributed by atoms with Crippen molar-refractivity contribution in [2.24, 2.45) is 0 Å². The molecule has 2 saturated heterocycles. The zero-order chi connectivity index (χ0) is 25.9. The van der Waals surface area contributed by atoms with Gasteiger partial charge in [0.05, 0.1) is 17.5 Å². The molecule has 194 valence electrons. The van der Waals surface area contributed by atoms with Gasteiger partial charge < -0.3 is 34.8 Å². The molecule has 5 heterocycles. The minimum atomic E-state index is -1.09. The highest BCUT2D eigenvalue weighted by Crippen LogP contribution is 2.42. The van der Waals surface area contributed by atoms with Crippen LogP contribution in [0.4, 0.5) is 17.3 Å². The molecule has 2 fully saturated rings. The highest BCUT2D eigenvalue weighted by atomic mass is 32.2. The number of thioether (sulfide) groups is 1. The predicted octanol–water partition coefficient (Wildman–Crippen LogP) is 2.07. The first-order valence-electron chi connectivity index (χ1n) is 11.7. The maximum absolute atomic E-state index is 10.9. The van der Waals surface area contributed by atoms with Gasteiger partial charge in [-0.05, 0) is 38.5 Å². The van der Waals surface area contributed by atoms with E-state index in [2.05, 4.69) is 25.1 Å². The van der Waals surface area contributed by atoms with Crippen molar-refractivity contribution >= 4 is 41.5 Å². The van der Waals surface area contributed by atoms with E-state index in [9.17, 15) is 14.7 Å². The van der Waals surface area contributed by atoms with Crippen LogP contribution in [-0.2, 0) is 9.53 Å². The molecule has 2 aromatic heterocycles. The number of nitrogens with zero attached hydrogens (tertiary/aromatic N) is 4. The molecule has 3 N–H and O–H groups in total. The second-order valence-corrected chi connectivity index (χ2v) is 10.7. The second kappa shape index (κ2) is 10.9. The first-order valence-corrected chi connectivity index (χ1v) is 12.6. The van der Waals surface area contributed by atoms with Gasteiger partial charge in [0.1, 0.15) is 18.2 Å². The highest BCUT2D eigenvalue weighted by molar-refractivity contribution is 8.07. The molecular formula is C24H31N5O6S. The van der Waals surface area contributed by atoms with Gasteiger partial charge in [0.25, 0.3) is 0 Å². The number of aromatic carboxylic acids is 1. The van der Waals surface area contributed by atoms with Crippen LogP contribution in [0.5, 0.6) is 5.75 Å². The van der Waals surface area contributed by atoms with Crippen LogP contribution in [0.2, 0.25) is 0 Å². The number of nitrogens with one attached hydrogen (secondary N) is 1. The number of likely N-dealkylation sites (N-methyl/N-ethyl adjacent to an activating group) is 1. The van der Waals surface area contributed by atoms with Crippen LogP contribution in [0.15, 0.2) is 30.5 Å². The Balaban J connectivity index is 0.000000173. The normalized spacial score (nSPS) is 21.7. The fraction of sp³-hybridized carbons (Fsp3) is 0.500. The molecule has 0 saturated carbocycles. The zero-order valence-electron chi connectivity index (χ0n) is 20.5. The summed E-state index contributed by atoms with van der Waals surface area (Å²) in [5.41, 5.74) is 1.18. The molecule has 3 aliphatic rings. The van der Waals surface area contributed by atoms with Crippen molar-refractivity contribution in [3.05, 3.63) is 36.2 Å². The first kappa shape index (κ1) is 26.0. The van der Waals surface area contributed by atoms with Crippen LogP contribution in [0.1, 0.15) is 30.8 Å². The summed E-state index contributed by atoms with van der Waals surface area (Å²) in [4.78, 5) is 33.8. The number of aromatic nitrogens is 2. The maximum atomic E-state index is 10.9. The number of hydrogen-bond donors (Lipinski definition) is 3. The van der Waals surface area contributed by atoms with Gasteiger partial charge in [-0.25, -0.2) is 14.8 Å². The third kappa shape index (κ3) is 6.56. The number of amides is 1. The van der Waals surface area contributed by atoms with Gasteiger partial charge in [0.2, 0.25) is 6.41 Å². The quantitative estimate of drug-likeness (QED) is 0.256. The average Bonchev–Trinajstić information content (AvgIpc) is 3.46. The molecule has 0 spiro atoms. The van der Waals surface area contributed by atoms with Crippen molar-refractivity contribution in [2.45, 2.75) is 42.6 Å². The van der Waals surface area contributed by atoms with Crippen LogP contribution in [-0.4, -0.2) is 88.2 Å². The lowest BCUT2D eigenvalue weighted by Gasteiger charge is -2.34. The van der Waals surface area contributed by atoms with Crippen LogP contribution >= 0.6 is 11.8 Å². The fourth-order valence-corrected chi connectivity index (χ4v) is 4.90. The topological polar surface area (TPSA) is 137 Å². The van der Waals surface area contributed by atoms with Gasteiger partial charge in [-0.15, -0.1) is 11.8 Å². The standard InChI is InChI=1S/C13H18N2O4S.C11H13N3O2/c1-13(2,17)19-7-11-10(20-11)6-18-9-3-4-14-12(5-9)15-8-16;1-13-7-4-5-14(6-7)9-3-2-8(11(15)16)12-10(9)13/h3-5,8,10-11,17H,6-7H2,1-2H3,(H,14,15,16);2-3,7H,4-6H2,1H3,(H,15,16). The SMILES string of the molecule is CC(C)(O)OCC1SC1COc1ccnc(NC=O)c1.CN1c2nc(C(=O)O)ccc2N2CCC1C2. The number of carbonyl (C=O) groups excluding carboxylic acids is 1. The number of ether oxygens (including phenoxy) is 2. The van der Waals surface area contributed by atoms with E-state index in [1.165, 1.54) is 0 Å². The molecule has 3 aliphatic heterocycles. The van der Waals surface area contributed by atoms with Gasteiger partial charge in [-0.2, -0.15) is 0 Å². The summed E-state index contributed by atoms with van der Waals surface area (Å²) in [5, 5.41) is 21.6. The Morgan fingerprint density at radius 3 is 2.81 bits per heavy atom. The molecule has 11 nitrogen and oxygen atoms in total. The smallest absolute Gasteiger partial charge is 0.354 e. The summed E-state index contributed by atoms with van der Waals surface area (Å²) in [6, 6.07) is 7.33. The van der Waals surface area contributed by atoms with Gasteiger partial charge in [-0.1, -0.05) is 0 Å². The lowest BCUT2D eigenvalue weighted by molar-refractivity contribution is -0.174. The number of carboxylic acid groups (broad SMARTS) is 1. The second-order valence-electron chi connectivity index (χ2n) is 9.26. The largest absolute Gasteiger partial charge is 0.492 e. The summed E-state index contributed by atoms with van der Waals surface area (Å²) in [7, 11) is 1.99. The average molecular weight is 518 g/mol. The van der Waals surface area contributed by atoms with Gasteiger partial charge >= 0.3 is 5.97 Å². The lowest BCUT2D eigenvalue weighted by atomic mass is 10.2. The number of fused-ring (bicyclic) bond motifs is 4. The lowest BCUT2D eigenvalue weighted by Crippen LogP contribution is -2.40. The molecule has 5 rings (SSSR count). The van der Waals surface area contributed by atoms with E-state index in [0.29, 0.717) is 47.7 Å². The number of aliphatic hydroxyl groups is 1. The summed E-state index contributed by atoms with van der Waals surface area (Å²) in [6.45, 7) is 6.37. The number of hydrogen-bond acceptors (Lipinski definition) is 10. The number of carboxylic acids is 1. The first-order chi connectivity index (χ1) is 17.1. The third-order valence-electron chi connectivity index (χ3n) is 6.10. The van der Waals surface area contributed by atoms with E-state index in [-0.39, 0.29) is 5.69 Å². The van der Waals surface area contributed by atoms with Gasteiger partial charge in [0, 0.05) is 43.7 Å². The minimum absolute atomic E-state index is 0.119. The van der Waals surface area contributed by atoms with E-state index >= 15 is 0 Å². The molecular weight excluding hydrogens is 486 g/mol. The third-order valence-corrected chi connectivity index (χ3v) is 7.41. The van der Waals surface area contributed by atoms with E-state index in [0.717, 1.165) is 31.0 Å². The van der Waals surface area contributed by atoms with E-state index in [1.54, 1.807) is 50.0 Å². The summed E-state index contributed by atoms with van der Waals surface area (Å²) < 4.78 is 11.0. The number of rotatable bonds is 9. The summed E-state index contributed by atoms with van der Waals surface area (Å²) >= 11 is 1.76. The Labute approximate surface area is 213 Å². The van der Waals surface area contributed by atoms with Crippen LogP contribution in [0.3, 0.4) is 0 Å². The van der Waals surface area contributed by atoms with Crippen molar-refractivity contribution in [3.63, 3.8) is 0 Å².